The number of primary amides is 1. The first-order valence-corrected chi connectivity index (χ1v) is 5.76. The molecule has 0 aliphatic heterocycles. The number of alkyl halides is 3. The summed E-state index contributed by atoms with van der Waals surface area (Å²) in [5, 5.41) is 0. The van der Waals surface area contributed by atoms with Gasteiger partial charge in [0.15, 0.2) is 6.10 Å². The molecule has 1 amide bonds. The fourth-order valence-electron chi connectivity index (χ4n) is 1.71. The van der Waals surface area contributed by atoms with Crippen LogP contribution in [0.3, 0.4) is 0 Å². The van der Waals surface area contributed by atoms with Crippen LogP contribution in [0.15, 0.2) is 6.07 Å². The van der Waals surface area contributed by atoms with Crippen molar-refractivity contribution in [3.63, 3.8) is 0 Å². The van der Waals surface area contributed by atoms with E-state index in [4.69, 9.17) is 10.5 Å². The maximum absolute atomic E-state index is 12.4. The van der Waals surface area contributed by atoms with Crippen molar-refractivity contribution in [2.45, 2.75) is 39.6 Å². The molecule has 2 N–H and O–H groups in total. The van der Waals surface area contributed by atoms with Gasteiger partial charge in [0, 0.05) is 11.4 Å². The second-order valence-electron chi connectivity index (χ2n) is 4.44. The molecule has 0 saturated carbocycles. The number of nitrogens with zero attached hydrogens (tertiary/aromatic N) is 1. The van der Waals surface area contributed by atoms with Gasteiger partial charge in [0.1, 0.15) is 6.54 Å². The van der Waals surface area contributed by atoms with Gasteiger partial charge in [0.2, 0.25) is 0 Å². The normalized spacial score (nSPS) is 13.1. The van der Waals surface area contributed by atoms with E-state index in [2.05, 4.69) is 0 Å². The number of esters is 1. The Balaban J connectivity index is 3.01. The first kappa shape index (κ1) is 16.1. The molecular formula is C12H15F3N2O3. The molecule has 0 radical (unpaired) electrons. The molecule has 112 valence electrons. The summed E-state index contributed by atoms with van der Waals surface area (Å²) in [6.07, 6.45) is -5.54. The number of aromatic nitrogens is 1. The first-order valence-electron chi connectivity index (χ1n) is 5.76. The number of rotatable bonds is 4. The SMILES string of the molecule is Cc1cc(C(=O)O[C@@H](C)C(N)=O)c(C)n1CC(F)(F)F. The van der Waals surface area contributed by atoms with Crippen LogP contribution in [-0.2, 0) is 16.1 Å². The van der Waals surface area contributed by atoms with Crippen molar-refractivity contribution >= 4 is 11.9 Å². The quantitative estimate of drug-likeness (QED) is 0.858. The third kappa shape index (κ3) is 3.75. The van der Waals surface area contributed by atoms with Crippen LogP contribution in [0.5, 0.6) is 0 Å². The highest BCUT2D eigenvalue weighted by Crippen LogP contribution is 2.23. The van der Waals surface area contributed by atoms with Crippen LogP contribution in [-0.4, -0.2) is 28.7 Å². The summed E-state index contributed by atoms with van der Waals surface area (Å²) in [5.74, 6) is -1.71. The molecule has 0 aromatic carbocycles. The van der Waals surface area contributed by atoms with Gasteiger partial charge in [0.05, 0.1) is 5.56 Å². The van der Waals surface area contributed by atoms with Gasteiger partial charge in [-0.2, -0.15) is 13.2 Å². The van der Waals surface area contributed by atoms with Crippen molar-refractivity contribution in [3.05, 3.63) is 23.0 Å². The topological polar surface area (TPSA) is 74.3 Å². The minimum Gasteiger partial charge on any atom is -0.449 e. The maximum Gasteiger partial charge on any atom is 0.406 e. The van der Waals surface area contributed by atoms with Crippen molar-refractivity contribution in [1.82, 2.24) is 4.57 Å². The molecule has 0 bridgehead atoms. The molecule has 0 fully saturated rings. The van der Waals surface area contributed by atoms with E-state index in [-0.39, 0.29) is 17.0 Å². The molecule has 8 heteroatoms. The smallest absolute Gasteiger partial charge is 0.406 e. The van der Waals surface area contributed by atoms with Crippen molar-refractivity contribution in [2.24, 2.45) is 5.73 Å². The fraction of sp³-hybridized carbons (Fsp3) is 0.500. The second kappa shape index (κ2) is 5.56. The number of hydrogen-bond donors (Lipinski definition) is 1. The van der Waals surface area contributed by atoms with Gasteiger partial charge in [-0.05, 0) is 26.8 Å². The minimum atomic E-state index is -4.39. The van der Waals surface area contributed by atoms with Crippen molar-refractivity contribution in [3.8, 4) is 0 Å². The molecule has 1 aromatic rings. The number of carbonyl (C=O) groups is 2. The zero-order chi connectivity index (χ0) is 15.7. The van der Waals surface area contributed by atoms with Crippen molar-refractivity contribution < 1.29 is 27.5 Å². The van der Waals surface area contributed by atoms with Crippen LogP contribution in [0, 0.1) is 13.8 Å². The second-order valence-corrected chi connectivity index (χ2v) is 4.44. The zero-order valence-corrected chi connectivity index (χ0v) is 11.2. The summed E-state index contributed by atoms with van der Waals surface area (Å²) < 4.78 is 43.0. The predicted molar refractivity (Wildman–Crippen MR) is 64.0 cm³/mol. The van der Waals surface area contributed by atoms with Crippen LogP contribution >= 0.6 is 0 Å². The summed E-state index contributed by atoms with van der Waals surface area (Å²) >= 11 is 0. The number of carbonyl (C=O) groups excluding carboxylic acids is 2. The molecule has 1 atom stereocenters. The maximum atomic E-state index is 12.4. The Labute approximate surface area is 113 Å². The Hall–Kier alpha value is -1.99. The molecule has 20 heavy (non-hydrogen) atoms. The summed E-state index contributed by atoms with van der Waals surface area (Å²) in [6.45, 7) is 2.93. The van der Waals surface area contributed by atoms with E-state index < -0.39 is 30.7 Å². The number of aryl methyl sites for hydroxylation is 1. The van der Waals surface area contributed by atoms with E-state index in [0.29, 0.717) is 0 Å². The molecule has 0 spiro atoms. The van der Waals surface area contributed by atoms with Gasteiger partial charge >= 0.3 is 12.1 Å². The lowest BCUT2D eigenvalue weighted by molar-refractivity contribution is -0.141. The Morgan fingerprint density at radius 2 is 1.95 bits per heavy atom. The average Bonchev–Trinajstić information content (AvgIpc) is 2.55. The van der Waals surface area contributed by atoms with Gasteiger partial charge in [-0.15, -0.1) is 0 Å². The number of halogens is 3. The molecular weight excluding hydrogens is 277 g/mol. The monoisotopic (exact) mass is 292 g/mol. The lowest BCUT2D eigenvalue weighted by atomic mass is 10.2. The van der Waals surface area contributed by atoms with Crippen LogP contribution in [0.1, 0.15) is 28.7 Å². The highest BCUT2D eigenvalue weighted by atomic mass is 19.4. The molecule has 0 aliphatic carbocycles. The number of amides is 1. The van der Waals surface area contributed by atoms with E-state index >= 15 is 0 Å². The van der Waals surface area contributed by atoms with E-state index in [9.17, 15) is 22.8 Å². The number of nitrogens with two attached hydrogens (primary N) is 1. The molecule has 1 heterocycles. The largest absolute Gasteiger partial charge is 0.449 e. The molecule has 1 rings (SSSR count). The highest BCUT2D eigenvalue weighted by Gasteiger charge is 2.30. The van der Waals surface area contributed by atoms with Gasteiger partial charge in [-0.1, -0.05) is 0 Å². The Morgan fingerprint density at radius 3 is 2.40 bits per heavy atom. The molecule has 5 nitrogen and oxygen atoms in total. The van der Waals surface area contributed by atoms with E-state index in [0.717, 1.165) is 4.57 Å². The predicted octanol–water partition coefficient (Wildman–Crippen LogP) is 1.70. The van der Waals surface area contributed by atoms with Crippen molar-refractivity contribution in [1.29, 1.82) is 0 Å². The summed E-state index contributed by atoms with van der Waals surface area (Å²) in [5.41, 5.74) is 5.34. The minimum absolute atomic E-state index is 0.0140. The number of ether oxygens (including phenoxy) is 1. The molecule has 0 unspecified atom stereocenters. The van der Waals surface area contributed by atoms with E-state index in [1.54, 1.807) is 0 Å². The fourth-order valence-corrected chi connectivity index (χ4v) is 1.71. The summed E-state index contributed by atoms with van der Waals surface area (Å²) in [6, 6.07) is 1.29. The first-order chi connectivity index (χ1) is 9.03. The Bertz CT molecular complexity index is 535. The average molecular weight is 292 g/mol. The Morgan fingerprint density at radius 1 is 1.40 bits per heavy atom. The molecule has 1 aromatic heterocycles. The van der Waals surface area contributed by atoms with Crippen molar-refractivity contribution in [2.75, 3.05) is 0 Å². The lowest BCUT2D eigenvalue weighted by Crippen LogP contribution is -2.30. The van der Waals surface area contributed by atoms with E-state index in [1.807, 2.05) is 0 Å². The van der Waals surface area contributed by atoms with Gasteiger partial charge in [0.25, 0.3) is 5.91 Å². The third-order valence-electron chi connectivity index (χ3n) is 2.82. The van der Waals surface area contributed by atoms with Crippen LogP contribution in [0.2, 0.25) is 0 Å². The number of hydrogen-bond acceptors (Lipinski definition) is 3. The van der Waals surface area contributed by atoms with Gasteiger partial charge < -0.3 is 15.0 Å². The van der Waals surface area contributed by atoms with Gasteiger partial charge in [-0.3, -0.25) is 4.79 Å². The Kier molecular flexibility index (Phi) is 4.46. The third-order valence-corrected chi connectivity index (χ3v) is 2.82. The summed E-state index contributed by atoms with van der Waals surface area (Å²) in [4.78, 5) is 22.6. The zero-order valence-electron chi connectivity index (χ0n) is 11.2. The van der Waals surface area contributed by atoms with Crippen LogP contribution in [0.4, 0.5) is 13.2 Å². The highest BCUT2D eigenvalue weighted by molar-refractivity contribution is 5.93. The molecule has 0 saturated heterocycles. The summed E-state index contributed by atoms with van der Waals surface area (Å²) in [7, 11) is 0. The van der Waals surface area contributed by atoms with Crippen LogP contribution < -0.4 is 5.73 Å². The lowest BCUT2D eigenvalue weighted by Gasteiger charge is -2.13. The van der Waals surface area contributed by atoms with Crippen LogP contribution in [0.25, 0.3) is 0 Å². The molecule has 0 aliphatic rings. The van der Waals surface area contributed by atoms with E-state index in [1.165, 1.54) is 26.8 Å². The standard InChI is InChI=1S/C12H15F3N2O3/c1-6-4-9(11(19)20-8(3)10(16)18)7(2)17(6)5-12(13,14)15/h4,8H,5H2,1-3H3,(H2,16,18)/t8-/m0/s1. The van der Waals surface area contributed by atoms with Gasteiger partial charge in [-0.25, -0.2) is 4.79 Å².